The van der Waals surface area contributed by atoms with Crippen LogP contribution in [0, 0.1) is 0 Å². The van der Waals surface area contributed by atoms with Crippen LogP contribution in [0.5, 0.6) is 0 Å². The highest BCUT2D eigenvalue weighted by molar-refractivity contribution is 5.80. The molecule has 4 aromatic rings. The number of hydrogen-bond acceptors (Lipinski definition) is 7. The number of unbranched alkanes of at least 4 members (excludes halogenated alkanes) is 3. The summed E-state index contributed by atoms with van der Waals surface area (Å²) in [6.45, 7) is 5.35. The Morgan fingerprint density at radius 3 is 2.47 bits per heavy atom. The lowest BCUT2D eigenvalue weighted by atomic mass is 9.98. The Hall–Kier alpha value is -4.08. The van der Waals surface area contributed by atoms with Crippen molar-refractivity contribution in [2.75, 3.05) is 6.61 Å². The first-order chi connectivity index (χ1) is 18.6. The van der Waals surface area contributed by atoms with Gasteiger partial charge in [-0.25, -0.2) is 9.48 Å². The van der Waals surface area contributed by atoms with E-state index < -0.39 is 0 Å². The monoisotopic (exact) mass is 517 g/mol. The highest BCUT2D eigenvalue weighted by atomic mass is 16.5. The molecule has 1 N–H and O–H groups in total. The van der Waals surface area contributed by atoms with Crippen molar-refractivity contribution in [1.82, 2.24) is 35.0 Å². The molecule has 10 nitrogen and oxygen atoms in total. The molecule has 200 valence electrons. The van der Waals surface area contributed by atoms with Crippen molar-refractivity contribution in [3.8, 4) is 22.5 Å². The third kappa shape index (κ3) is 6.81. The minimum Gasteiger partial charge on any atom is -0.466 e. The Kier molecular flexibility index (Phi) is 9.55. The molecular weight excluding hydrogens is 482 g/mol. The number of esters is 1. The minimum atomic E-state index is -0.167. The average molecular weight is 518 g/mol. The van der Waals surface area contributed by atoms with Gasteiger partial charge in [0.2, 0.25) is 5.82 Å². The summed E-state index contributed by atoms with van der Waals surface area (Å²) in [6, 6.07) is 16.1. The Morgan fingerprint density at radius 1 is 0.974 bits per heavy atom. The molecule has 0 amide bonds. The number of carbonyl (C=O) groups is 1. The fourth-order valence-electron chi connectivity index (χ4n) is 4.43. The second kappa shape index (κ2) is 13.5. The quantitative estimate of drug-likeness (QED) is 0.194. The predicted molar refractivity (Wildman–Crippen MR) is 144 cm³/mol. The lowest BCUT2D eigenvalue weighted by molar-refractivity contribution is -0.143. The van der Waals surface area contributed by atoms with E-state index in [1.165, 1.54) is 0 Å². The normalized spacial score (nSPS) is 11.1. The van der Waals surface area contributed by atoms with Gasteiger partial charge in [0.15, 0.2) is 0 Å². The number of aryl methyl sites for hydroxylation is 2. The van der Waals surface area contributed by atoms with Crippen molar-refractivity contribution >= 4 is 5.97 Å². The first-order valence-electron chi connectivity index (χ1n) is 13.3. The lowest BCUT2D eigenvalue weighted by Gasteiger charge is -2.09. The van der Waals surface area contributed by atoms with Crippen LogP contribution < -0.4 is 5.69 Å². The summed E-state index contributed by atoms with van der Waals surface area (Å²) in [5, 5.41) is 19.1. The fourth-order valence-corrected chi connectivity index (χ4v) is 4.43. The van der Waals surface area contributed by atoms with E-state index in [0.717, 1.165) is 66.6 Å². The van der Waals surface area contributed by atoms with Crippen LogP contribution in [-0.4, -0.2) is 47.5 Å². The molecule has 0 radical (unpaired) electrons. The van der Waals surface area contributed by atoms with Crippen LogP contribution >= 0.6 is 0 Å². The van der Waals surface area contributed by atoms with E-state index in [1.54, 1.807) is 9.25 Å². The van der Waals surface area contributed by atoms with Crippen LogP contribution in [0.1, 0.15) is 63.8 Å². The molecule has 0 fully saturated rings. The molecule has 2 aromatic heterocycles. The van der Waals surface area contributed by atoms with E-state index >= 15 is 0 Å². The molecular formula is C28H35N7O3. The molecule has 2 aromatic carbocycles. The van der Waals surface area contributed by atoms with Gasteiger partial charge in [0.25, 0.3) is 0 Å². The number of carbonyl (C=O) groups excluding carboxylic acids is 1. The number of hydrogen-bond donors (Lipinski definition) is 1. The zero-order valence-corrected chi connectivity index (χ0v) is 22.1. The number of ether oxygens (including phenoxy) is 1. The maximum Gasteiger partial charge on any atom is 0.346 e. The van der Waals surface area contributed by atoms with Gasteiger partial charge in [0.1, 0.15) is 5.82 Å². The smallest absolute Gasteiger partial charge is 0.346 e. The van der Waals surface area contributed by atoms with Crippen molar-refractivity contribution in [3.63, 3.8) is 0 Å². The van der Waals surface area contributed by atoms with E-state index in [2.05, 4.69) is 44.8 Å². The number of benzene rings is 2. The van der Waals surface area contributed by atoms with E-state index in [1.807, 2.05) is 43.3 Å². The molecule has 0 aliphatic heterocycles. The zero-order valence-electron chi connectivity index (χ0n) is 22.1. The summed E-state index contributed by atoms with van der Waals surface area (Å²) in [5.41, 5.74) is 3.88. The van der Waals surface area contributed by atoms with Gasteiger partial charge in [-0.15, -0.1) is 10.2 Å². The lowest BCUT2D eigenvalue weighted by Crippen LogP contribution is -2.26. The van der Waals surface area contributed by atoms with Crippen LogP contribution in [0.3, 0.4) is 0 Å². The van der Waals surface area contributed by atoms with Crippen molar-refractivity contribution < 1.29 is 9.53 Å². The fraction of sp³-hybridized carbons (Fsp3) is 0.429. The molecule has 0 bridgehead atoms. The molecule has 0 aliphatic carbocycles. The van der Waals surface area contributed by atoms with Gasteiger partial charge >= 0.3 is 11.7 Å². The van der Waals surface area contributed by atoms with Crippen LogP contribution in [0.2, 0.25) is 0 Å². The molecule has 0 saturated heterocycles. The first kappa shape index (κ1) is 27.0. The number of aromatic amines is 1. The maximum atomic E-state index is 13.2. The Morgan fingerprint density at radius 2 is 1.76 bits per heavy atom. The third-order valence-electron chi connectivity index (χ3n) is 6.43. The summed E-state index contributed by atoms with van der Waals surface area (Å²) < 4.78 is 8.34. The number of tetrazole rings is 1. The molecule has 0 saturated carbocycles. The van der Waals surface area contributed by atoms with Gasteiger partial charge in [-0.3, -0.25) is 9.36 Å². The summed E-state index contributed by atoms with van der Waals surface area (Å²) in [5.74, 6) is 1.19. The number of aromatic nitrogens is 7. The molecule has 0 unspecified atom stereocenters. The van der Waals surface area contributed by atoms with Gasteiger partial charge in [0.05, 0.1) is 13.2 Å². The van der Waals surface area contributed by atoms with E-state index in [9.17, 15) is 9.59 Å². The van der Waals surface area contributed by atoms with E-state index in [-0.39, 0.29) is 11.7 Å². The Labute approximate surface area is 222 Å². The van der Waals surface area contributed by atoms with Crippen LogP contribution in [0.4, 0.5) is 0 Å². The molecule has 38 heavy (non-hydrogen) atoms. The van der Waals surface area contributed by atoms with Gasteiger partial charge in [-0.1, -0.05) is 68.3 Å². The van der Waals surface area contributed by atoms with E-state index in [4.69, 9.17) is 4.74 Å². The topological polar surface area (TPSA) is 121 Å². The third-order valence-corrected chi connectivity index (χ3v) is 6.43. The van der Waals surface area contributed by atoms with Crippen molar-refractivity contribution in [2.24, 2.45) is 0 Å². The summed E-state index contributed by atoms with van der Waals surface area (Å²) in [6.07, 6.45) is 5.56. The van der Waals surface area contributed by atoms with Gasteiger partial charge in [-0.2, -0.15) is 10.3 Å². The highest BCUT2D eigenvalue weighted by Gasteiger charge is 2.15. The number of H-pyrrole nitrogens is 1. The summed E-state index contributed by atoms with van der Waals surface area (Å²) in [4.78, 5) is 24.8. The van der Waals surface area contributed by atoms with Crippen molar-refractivity contribution in [2.45, 2.75) is 71.9 Å². The molecule has 0 spiro atoms. The second-order valence-corrected chi connectivity index (χ2v) is 9.21. The van der Waals surface area contributed by atoms with Gasteiger partial charge < -0.3 is 4.74 Å². The largest absolute Gasteiger partial charge is 0.466 e. The minimum absolute atomic E-state index is 0.0898. The predicted octanol–water partition coefficient (Wildman–Crippen LogP) is 4.41. The number of nitrogens with zero attached hydrogens (tertiary/aromatic N) is 6. The molecule has 4 rings (SSSR count). The molecule has 0 aliphatic rings. The van der Waals surface area contributed by atoms with Crippen molar-refractivity contribution in [3.05, 3.63) is 70.4 Å². The zero-order chi connectivity index (χ0) is 26.7. The van der Waals surface area contributed by atoms with Crippen LogP contribution in [0.25, 0.3) is 22.5 Å². The SMILES string of the molecule is CCCCc1nn(CCCCCC(=O)OCC)c(=O)n1Cc1ccc(-c2ccccc2-c2nn[nH]n2)cc1. The van der Waals surface area contributed by atoms with Crippen LogP contribution in [0.15, 0.2) is 53.3 Å². The molecule has 2 heterocycles. The molecule has 10 heteroatoms. The number of nitrogens with one attached hydrogen (secondary N) is 1. The Bertz CT molecular complexity index is 1360. The second-order valence-electron chi connectivity index (χ2n) is 9.21. The Balaban J connectivity index is 1.46. The number of rotatable bonds is 14. The molecule has 0 atom stereocenters. The first-order valence-corrected chi connectivity index (χ1v) is 13.3. The van der Waals surface area contributed by atoms with Gasteiger partial charge in [-0.05, 0) is 48.1 Å². The average Bonchev–Trinajstić information content (AvgIpc) is 3.57. The van der Waals surface area contributed by atoms with Crippen LogP contribution in [-0.2, 0) is 29.0 Å². The van der Waals surface area contributed by atoms with Crippen molar-refractivity contribution in [1.29, 1.82) is 0 Å². The highest BCUT2D eigenvalue weighted by Crippen LogP contribution is 2.29. The van der Waals surface area contributed by atoms with E-state index in [0.29, 0.717) is 31.9 Å². The maximum absolute atomic E-state index is 13.2. The standard InChI is InChI=1S/C28H35N7O3/c1-3-5-13-25-31-35(19-10-6-7-14-26(36)38-4-2)28(37)34(25)20-21-15-17-22(18-16-21)23-11-8-9-12-24(23)27-29-32-33-30-27/h8-9,11-12,15-18H,3-7,10,13-14,19-20H2,1-2H3,(H,29,30,32,33). The summed E-state index contributed by atoms with van der Waals surface area (Å²) in [7, 11) is 0. The van der Waals surface area contributed by atoms with Gasteiger partial charge in [0, 0.05) is 24.9 Å². The summed E-state index contributed by atoms with van der Waals surface area (Å²) >= 11 is 0.